The molecule has 4 heteroatoms. The van der Waals surface area contributed by atoms with E-state index in [0.29, 0.717) is 0 Å². The molecule has 1 atom stereocenters. The van der Waals surface area contributed by atoms with Gasteiger partial charge in [0, 0.05) is 18.0 Å². The first-order valence-electron chi connectivity index (χ1n) is 5.39. The van der Waals surface area contributed by atoms with Gasteiger partial charge in [-0.15, -0.1) is 11.8 Å². The van der Waals surface area contributed by atoms with Gasteiger partial charge in [-0.25, -0.2) is 0 Å². The van der Waals surface area contributed by atoms with Gasteiger partial charge in [-0.2, -0.15) is 0 Å². The fourth-order valence-electron chi connectivity index (χ4n) is 1.83. The van der Waals surface area contributed by atoms with E-state index in [1.165, 1.54) is 5.56 Å². The minimum atomic E-state index is 0.172. The summed E-state index contributed by atoms with van der Waals surface area (Å²) in [7, 11) is 1.70. The summed E-state index contributed by atoms with van der Waals surface area (Å²) < 4.78 is 11.0. The molecule has 1 heterocycles. The van der Waals surface area contributed by atoms with Crippen molar-refractivity contribution in [1.29, 1.82) is 0 Å². The summed E-state index contributed by atoms with van der Waals surface area (Å²) >= 11 is 1.70. The van der Waals surface area contributed by atoms with E-state index in [1.54, 1.807) is 18.9 Å². The predicted octanol–water partition coefficient (Wildman–Crippen LogP) is 2.08. The van der Waals surface area contributed by atoms with Crippen LogP contribution in [0.25, 0.3) is 0 Å². The summed E-state index contributed by atoms with van der Waals surface area (Å²) in [6, 6.07) is 6.25. The minimum absolute atomic E-state index is 0.172. The monoisotopic (exact) mass is 239 g/mol. The number of hydrogen-bond acceptors (Lipinski definition) is 4. The molecule has 88 valence electrons. The average Bonchev–Trinajstić information content (AvgIpc) is 2.39. The lowest BCUT2D eigenvalue weighted by molar-refractivity contribution is 0.0275. The summed E-state index contributed by atoms with van der Waals surface area (Å²) in [6.07, 6.45) is 2.23. The zero-order chi connectivity index (χ0) is 11.4. The van der Waals surface area contributed by atoms with E-state index in [4.69, 9.17) is 9.47 Å². The molecule has 1 aliphatic rings. The number of hydrogen-bond donors (Lipinski definition) is 1. The van der Waals surface area contributed by atoms with Crippen molar-refractivity contribution in [3.8, 4) is 5.75 Å². The van der Waals surface area contributed by atoms with Crippen LogP contribution in [0.4, 0.5) is 0 Å². The van der Waals surface area contributed by atoms with Crippen LogP contribution in [0, 0.1) is 0 Å². The van der Waals surface area contributed by atoms with Crippen LogP contribution < -0.4 is 10.1 Å². The Morgan fingerprint density at radius 1 is 1.50 bits per heavy atom. The van der Waals surface area contributed by atoms with Crippen molar-refractivity contribution < 1.29 is 9.47 Å². The number of thioether (sulfide) groups is 1. The van der Waals surface area contributed by atoms with Gasteiger partial charge in [-0.3, -0.25) is 0 Å². The highest BCUT2D eigenvalue weighted by molar-refractivity contribution is 7.98. The standard InChI is InChI=1S/C12H17NO2S/c1-14-10-4-3-9(7-12(10)16-2)11-8-13-5-6-15-11/h3-4,7,11,13H,5-6,8H2,1-2H3. The molecule has 0 saturated carbocycles. The van der Waals surface area contributed by atoms with Crippen LogP contribution in [0.1, 0.15) is 11.7 Å². The highest BCUT2D eigenvalue weighted by Crippen LogP contribution is 2.31. The van der Waals surface area contributed by atoms with Crippen LogP contribution in [-0.4, -0.2) is 33.1 Å². The number of ether oxygens (including phenoxy) is 2. The second kappa shape index (κ2) is 5.57. The second-order valence-corrected chi connectivity index (χ2v) is 4.53. The topological polar surface area (TPSA) is 30.5 Å². The van der Waals surface area contributed by atoms with Crippen molar-refractivity contribution in [3.63, 3.8) is 0 Å². The molecule has 1 aromatic rings. The molecule has 0 spiro atoms. The molecular weight excluding hydrogens is 222 g/mol. The molecular formula is C12H17NO2S. The van der Waals surface area contributed by atoms with Gasteiger partial charge in [0.25, 0.3) is 0 Å². The Bertz CT molecular complexity index is 351. The van der Waals surface area contributed by atoms with Crippen molar-refractivity contribution in [2.24, 2.45) is 0 Å². The predicted molar refractivity (Wildman–Crippen MR) is 66.3 cm³/mol. The Kier molecular flexibility index (Phi) is 4.09. The zero-order valence-corrected chi connectivity index (χ0v) is 10.5. The Morgan fingerprint density at radius 2 is 2.38 bits per heavy atom. The highest BCUT2D eigenvalue weighted by atomic mass is 32.2. The van der Waals surface area contributed by atoms with E-state index in [1.807, 2.05) is 6.07 Å². The van der Waals surface area contributed by atoms with Crippen molar-refractivity contribution in [3.05, 3.63) is 23.8 Å². The van der Waals surface area contributed by atoms with Crippen LogP contribution in [-0.2, 0) is 4.74 Å². The Labute approximate surface area is 101 Å². The zero-order valence-electron chi connectivity index (χ0n) is 9.66. The molecule has 1 N–H and O–H groups in total. The van der Waals surface area contributed by atoms with Crippen LogP contribution in [0.5, 0.6) is 5.75 Å². The van der Waals surface area contributed by atoms with Gasteiger partial charge in [0.1, 0.15) is 5.75 Å². The van der Waals surface area contributed by atoms with Gasteiger partial charge >= 0.3 is 0 Å². The third-order valence-corrected chi connectivity index (χ3v) is 3.47. The summed E-state index contributed by atoms with van der Waals surface area (Å²) in [5.41, 5.74) is 1.22. The lowest BCUT2D eigenvalue weighted by Crippen LogP contribution is -2.33. The molecule has 3 nitrogen and oxygen atoms in total. The minimum Gasteiger partial charge on any atom is -0.496 e. The maximum Gasteiger partial charge on any atom is 0.132 e. The lowest BCUT2D eigenvalue weighted by atomic mass is 10.1. The smallest absolute Gasteiger partial charge is 0.132 e. The number of morpholine rings is 1. The molecule has 0 aliphatic carbocycles. The van der Waals surface area contributed by atoms with E-state index in [-0.39, 0.29) is 6.10 Å². The van der Waals surface area contributed by atoms with Crippen LogP contribution in [0.15, 0.2) is 23.1 Å². The number of methoxy groups -OCH3 is 1. The van der Waals surface area contributed by atoms with Crippen molar-refractivity contribution in [2.75, 3.05) is 33.1 Å². The van der Waals surface area contributed by atoms with E-state index >= 15 is 0 Å². The maximum atomic E-state index is 5.72. The van der Waals surface area contributed by atoms with Gasteiger partial charge in [-0.1, -0.05) is 6.07 Å². The molecule has 0 amide bonds. The summed E-state index contributed by atoms with van der Waals surface area (Å²) in [5.74, 6) is 0.931. The molecule has 0 aromatic heterocycles. The van der Waals surface area contributed by atoms with Crippen LogP contribution >= 0.6 is 11.8 Å². The largest absolute Gasteiger partial charge is 0.496 e. The second-order valence-electron chi connectivity index (χ2n) is 3.68. The third kappa shape index (κ3) is 2.51. The summed E-state index contributed by atoms with van der Waals surface area (Å²) in [6.45, 7) is 2.62. The van der Waals surface area contributed by atoms with Gasteiger partial charge in [-0.05, 0) is 24.0 Å². The van der Waals surface area contributed by atoms with Crippen LogP contribution in [0.3, 0.4) is 0 Å². The van der Waals surface area contributed by atoms with Crippen LogP contribution in [0.2, 0.25) is 0 Å². The quantitative estimate of drug-likeness (QED) is 0.818. The summed E-state index contributed by atoms with van der Waals surface area (Å²) in [4.78, 5) is 1.16. The SMILES string of the molecule is COc1ccc(C2CNCCO2)cc1SC. The average molecular weight is 239 g/mol. The molecule has 1 unspecified atom stereocenters. The fourth-order valence-corrected chi connectivity index (χ4v) is 2.44. The van der Waals surface area contributed by atoms with Crippen molar-refractivity contribution >= 4 is 11.8 Å². The number of nitrogens with one attached hydrogen (secondary N) is 1. The fraction of sp³-hybridized carbons (Fsp3) is 0.500. The lowest BCUT2D eigenvalue weighted by Gasteiger charge is -2.24. The first-order valence-corrected chi connectivity index (χ1v) is 6.62. The first-order chi connectivity index (χ1) is 7.85. The molecule has 1 saturated heterocycles. The third-order valence-electron chi connectivity index (χ3n) is 2.71. The molecule has 2 rings (SSSR count). The Morgan fingerprint density at radius 3 is 3.00 bits per heavy atom. The Hall–Kier alpha value is -0.710. The van der Waals surface area contributed by atoms with E-state index < -0.39 is 0 Å². The summed E-state index contributed by atoms with van der Waals surface area (Å²) in [5, 5.41) is 3.34. The van der Waals surface area contributed by atoms with Gasteiger partial charge < -0.3 is 14.8 Å². The molecule has 0 radical (unpaired) electrons. The van der Waals surface area contributed by atoms with E-state index in [0.717, 1.165) is 30.3 Å². The molecule has 1 aromatic carbocycles. The molecule has 16 heavy (non-hydrogen) atoms. The van der Waals surface area contributed by atoms with E-state index in [9.17, 15) is 0 Å². The van der Waals surface area contributed by atoms with Gasteiger partial charge in [0.05, 0.1) is 19.8 Å². The van der Waals surface area contributed by atoms with Gasteiger partial charge in [0.2, 0.25) is 0 Å². The molecule has 0 bridgehead atoms. The number of rotatable bonds is 3. The normalized spacial score (nSPS) is 20.8. The van der Waals surface area contributed by atoms with Crippen molar-refractivity contribution in [1.82, 2.24) is 5.32 Å². The van der Waals surface area contributed by atoms with E-state index in [2.05, 4.69) is 23.7 Å². The first kappa shape index (κ1) is 11.8. The Balaban J connectivity index is 2.20. The highest BCUT2D eigenvalue weighted by Gasteiger charge is 2.16. The van der Waals surface area contributed by atoms with Gasteiger partial charge in [0.15, 0.2) is 0 Å². The van der Waals surface area contributed by atoms with Crippen molar-refractivity contribution in [2.45, 2.75) is 11.0 Å². The molecule has 1 fully saturated rings. The number of benzene rings is 1. The maximum absolute atomic E-state index is 5.72. The molecule has 1 aliphatic heterocycles.